The van der Waals surface area contributed by atoms with E-state index >= 15 is 0 Å². The first-order valence-corrected chi connectivity index (χ1v) is 4.10. The van der Waals surface area contributed by atoms with Crippen LogP contribution in [0.2, 0.25) is 0 Å². The molecule has 0 saturated carbocycles. The zero-order chi connectivity index (χ0) is 8.55. The van der Waals surface area contributed by atoms with E-state index in [0.29, 0.717) is 6.04 Å². The molecular formula is C8H11N2O2+. The molecule has 0 fully saturated rings. The van der Waals surface area contributed by atoms with Gasteiger partial charge in [0.1, 0.15) is 0 Å². The van der Waals surface area contributed by atoms with Crippen LogP contribution in [0.1, 0.15) is 12.8 Å². The minimum absolute atomic E-state index is 0.304. The Morgan fingerprint density at radius 2 is 2.50 bits per heavy atom. The second kappa shape index (κ2) is 2.71. The standard InChI is InChI=1S/C8H10N2O2/c11-8(12)7-9-5-3-1-2-4-6(5)10-7/h1-2,5,7,9H,3-4H2,(H,11,12)/p+1/t5-,7-/m0/s1. The van der Waals surface area contributed by atoms with Gasteiger partial charge in [0, 0.05) is 6.42 Å². The normalized spacial score (nSPS) is 32.8. The minimum Gasteiger partial charge on any atom is -0.539 e. The Hall–Kier alpha value is -1.16. The third-order valence-corrected chi connectivity index (χ3v) is 2.36. The molecule has 0 spiro atoms. The first kappa shape index (κ1) is 7.49. The topological polar surface area (TPSA) is 70.7 Å². The van der Waals surface area contributed by atoms with Gasteiger partial charge in [0.05, 0.1) is 6.42 Å². The maximum Gasteiger partial charge on any atom is 0.317 e. The summed E-state index contributed by atoms with van der Waals surface area (Å²) in [6, 6.07) is 0.304. The summed E-state index contributed by atoms with van der Waals surface area (Å²) in [5.41, 5.74) is 1.12. The second-order valence-electron chi connectivity index (χ2n) is 3.18. The molecule has 2 aliphatic rings. The van der Waals surface area contributed by atoms with E-state index in [2.05, 4.69) is 17.1 Å². The largest absolute Gasteiger partial charge is 0.539 e. The number of carboxylic acids is 1. The molecular weight excluding hydrogens is 156 g/mol. The molecule has 0 saturated heterocycles. The molecule has 1 aliphatic carbocycles. The molecule has 0 bridgehead atoms. The Morgan fingerprint density at radius 3 is 3.17 bits per heavy atom. The Balaban J connectivity index is 2.14. The van der Waals surface area contributed by atoms with Gasteiger partial charge < -0.3 is 9.90 Å². The van der Waals surface area contributed by atoms with Crippen molar-refractivity contribution in [1.29, 1.82) is 0 Å². The van der Waals surface area contributed by atoms with Crippen LogP contribution in [0.5, 0.6) is 0 Å². The molecule has 1 heterocycles. The summed E-state index contributed by atoms with van der Waals surface area (Å²) in [6.07, 6.45) is 5.34. The number of hydrogen-bond donors (Lipinski definition) is 2. The SMILES string of the molecule is O=C([O-])[C@@H]1[NH+]=C2CC=CC[C@@H]2[NH2+]1. The highest BCUT2D eigenvalue weighted by molar-refractivity contribution is 5.87. The predicted molar refractivity (Wildman–Crippen MR) is 38.9 cm³/mol. The van der Waals surface area contributed by atoms with E-state index in [1.807, 2.05) is 5.32 Å². The Kier molecular flexibility index (Phi) is 1.69. The zero-order valence-electron chi connectivity index (χ0n) is 6.62. The predicted octanol–water partition coefficient (Wildman–Crippen LogP) is -4.12. The van der Waals surface area contributed by atoms with Crippen molar-refractivity contribution in [2.75, 3.05) is 0 Å². The molecule has 4 heteroatoms. The molecule has 0 unspecified atom stereocenters. The van der Waals surface area contributed by atoms with Gasteiger partial charge in [-0.05, 0) is 0 Å². The van der Waals surface area contributed by atoms with E-state index in [1.165, 1.54) is 0 Å². The second-order valence-corrected chi connectivity index (χ2v) is 3.18. The first-order chi connectivity index (χ1) is 5.77. The van der Waals surface area contributed by atoms with Crippen molar-refractivity contribution in [3.63, 3.8) is 0 Å². The average Bonchev–Trinajstić information content (AvgIpc) is 2.46. The van der Waals surface area contributed by atoms with Gasteiger partial charge in [-0.2, -0.15) is 4.99 Å². The molecule has 3 N–H and O–H groups in total. The Labute approximate surface area is 70.0 Å². The van der Waals surface area contributed by atoms with Crippen LogP contribution in [0.4, 0.5) is 0 Å². The summed E-state index contributed by atoms with van der Waals surface area (Å²) in [4.78, 5) is 13.4. The van der Waals surface area contributed by atoms with E-state index in [0.717, 1.165) is 18.6 Å². The molecule has 0 aromatic carbocycles. The van der Waals surface area contributed by atoms with Gasteiger partial charge in [-0.25, -0.2) is 0 Å². The summed E-state index contributed by atoms with van der Waals surface area (Å²) in [7, 11) is 0. The Morgan fingerprint density at radius 1 is 1.67 bits per heavy atom. The number of hydrogen-bond acceptors (Lipinski definition) is 2. The van der Waals surface area contributed by atoms with Crippen LogP contribution in [0.15, 0.2) is 12.2 Å². The highest BCUT2D eigenvalue weighted by Crippen LogP contribution is 2.03. The van der Waals surface area contributed by atoms with E-state index in [4.69, 9.17) is 0 Å². The van der Waals surface area contributed by atoms with Crippen molar-refractivity contribution in [2.45, 2.75) is 25.0 Å². The van der Waals surface area contributed by atoms with Crippen molar-refractivity contribution < 1.29 is 20.2 Å². The van der Waals surface area contributed by atoms with Crippen molar-refractivity contribution in [3.8, 4) is 0 Å². The number of fused-ring (bicyclic) bond motifs is 1. The summed E-state index contributed by atoms with van der Waals surface area (Å²) < 4.78 is 0. The Bertz CT molecular complexity index is 270. The van der Waals surface area contributed by atoms with Crippen molar-refractivity contribution in [1.82, 2.24) is 0 Å². The van der Waals surface area contributed by atoms with Crippen LogP contribution in [-0.2, 0) is 4.79 Å². The fourth-order valence-corrected chi connectivity index (χ4v) is 1.73. The van der Waals surface area contributed by atoms with Gasteiger partial charge in [-0.1, -0.05) is 12.2 Å². The average molecular weight is 167 g/mol. The lowest BCUT2D eigenvalue weighted by Crippen LogP contribution is -3.05. The number of carboxylic acid groups (broad SMARTS) is 1. The molecule has 0 amide bonds. The number of nitrogens with one attached hydrogen (secondary N) is 1. The lowest BCUT2D eigenvalue weighted by atomic mass is 10.0. The number of carbonyl (C=O) groups excluding carboxylic acids is 1. The zero-order valence-corrected chi connectivity index (χ0v) is 6.62. The van der Waals surface area contributed by atoms with E-state index in [9.17, 15) is 9.90 Å². The van der Waals surface area contributed by atoms with Gasteiger partial charge in [0.2, 0.25) is 5.71 Å². The maximum atomic E-state index is 10.5. The van der Waals surface area contributed by atoms with E-state index < -0.39 is 12.1 Å². The van der Waals surface area contributed by atoms with Gasteiger partial charge in [-0.3, -0.25) is 5.32 Å². The van der Waals surface area contributed by atoms with Crippen molar-refractivity contribution in [2.24, 2.45) is 0 Å². The van der Waals surface area contributed by atoms with Gasteiger partial charge in [-0.15, -0.1) is 0 Å². The quantitative estimate of drug-likeness (QED) is 0.389. The summed E-state index contributed by atoms with van der Waals surface area (Å²) in [5, 5.41) is 12.3. The molecule has 0 aromatic rings. The van der Waals surface area contributed by atoms with Crippen LogP contribution in [0.3, 0.4) is 0 Å². The number of nitrogens with two attached hydrogens (primary N) is 1. The fourth-order valence-electron chi connectivity index (χ4n) is 1.73. The molecule has 0 radical (unpaired) electrons. The number of rotatable bonds is 1. The number of carbonyl (C=O) groups is 1. The van der Waals surface area contributed by atoms with Crippen molar-refractivity contribution in [3.05, 3.63) is 12.2 Å². The third kappa shape index (κ3) is 1.14. The fraction of sp³-hybridized carbons (Fsp3) is 0.500. The first-order valence-electron chi connectivity index (χ1n) is 4.10. The highest BCUT2D eigenvalue weighted by Gasteiger charge is 2.38. The van der Waals surface area contributed by atoms with Crippen LogP contribution >= 0.6 is 0 Å². The lowest BCUT2D eigenvalue weighted by Gasteiger charge is -2.07. The van der Waals surface area contributed by atoms with Crippen LogP contribution < -0.4 is 15.4 Å². The number of allylic oxidation sites excluding steroid dienone is 1. The molecule has 2 rings (SSSR count). The van der Waals surface area contributed by atoms with Crippen LogP contribution in [0, 0.1) is 0 Å². The van der Waals surface area contributed by atoms with E-state index in [-0.39, 0.29) is 0 Å². The number of quaternary nitrogens is 1. The summed E-state index contributed by atoms with van der Waals surface area (Å²) in [5.74, 6) is -1.03. The molecule has 2 atom stereocenters. The minimum atomic E-state index is -1.03. The molecule has 4 nitrogen and oxygen atoms in total. The van der Waals surface area contributed by atoms with Gasteiger partial charge in [0.25, 0.3) is 0 Å². The molecule has 12 heavy (non-hydrogen) atoms. The lowest BCUT2D eigenvalue weighted by molar-refractivity contribution is -0.804. The smallest absolute Gasteiger partial charge is 0.317 e. The van der Waals surface area contributed by atoms with E-state index in [1.54, 1.807) is 0 Å². The van der Waals surface area contributed by atoms with Gasteiger partial charge in [0.15, 0.2) is 12.0 Å². The number of aliphatic carboxylic acids is 1. The highest BCUT2D eigenvalue weighted by atomic mass is 16.4. The van der Waals surface area contributed by atoms with Crippen LogP contribution in [-0.4, -0.2) is 23.9 Å². The van der Waals surface area contributed by atoms with Gasteiger partial charge >= 0.3 is 6.17 Å². The molecule has 1 aliphatic heterocycles. The van der Waals surface area contributed by atoms with Crippen molar-refractivity contribution >= 4 is 11.7 Å². The summed E-state index contributed by atoms with van der Waals surface area (Å²) in [6.45, 7) is 0. The maximum absolute atomic E-state index is 10.5. The van der Waals surface area contributed by atoms with Crippen LogP contribution in [0.25, 0.3) is 0 Å². The molecule has 0 aromatic heterocycles. The third-order valence-electron chi connectivity index (χ3n) is 2.36. The summed E-state index contributed by atoms with van der Waals surface area (Å²) >= 11 is 0. The monoisotopic (exact) mass is 167 g/mol. The molecule has 64 valence electrons.